The number of nitrogens with zero attached hydrogens (tertiary/aromatic N) is 1. The van der Waals surface area contributed by atoms with E-state index in [-0.39, 0.29) is 19.0 Å². The van der Waals surface area contributed by atoms with Gasteiger partial charge in [0.05, 0.1) is 5.69 Å². The molecular weight excluding hydrogens is 379 g/mol. The minimum atomic E-state index is 0. The van der Waals surface area contributed by atoms with Crippen molar-refractivity contribution in [2.75, 3.05) is 11.9 Å². The van der Waals surface area contributed by atoms with Crippen LogP contribution in [0.1, 0.15) is 23.2 Å². The van der Waals surface area contributed by atoms with Crippen LogP contribution in [0.15, 0.2) is 54.6 Å². The van der Waals surface area contributed by atoms with Gasteiger partial charge in [-0.3, -0.25) is 4.98 Å². The lowest BCUT2D eigenvalue weighted by Gasteiger charge is -2.14. The van der Waals surface area contributed by atoms with Crippen molar-refractivity contribution < 1.29 is 5.11 Å². The molecule has 3 aromatic rings. The number of pyridine rings is 1. The highest BCUT2D eigenvalue weighted by molar-refractivity contribution is 6.30. The Morgan fingerprint density at radius 2 is 1.89 bits per heavy atom. The summed E-state index contributed by atoms with van der Waals surface area (Å²) in [5.74, 6) is 0. The maximum Gasteiger partial charge on any atom is 0.0726 e. The first-order valence-electron chi connectivity index (χ1n) is 8.98. The molecular formula is C22H22Cl2N2O. The largest absolute Gasteiger partial charge is 0.396 e. The Morgan fingerprint density at radius 3 is 2.70 bits per heavy atom. The number of aliphatic hydroxyl groups excluding tert-OH is 1. The van der Waals surface area contributed by atoms with Crippen LogP contribution in [-0.4, -0.2) is 16.7 Å². The molecule has 0 saturated carbocycles. The highest BCUT2D eigenvalue weighted by atomic mass is 35.5. The van der Waals surface area contributed by atoms with Crippen molar-refractivity contribution in [2.24, 2.45) is 0 Å². The topological polar surface area (TPSA) is 45.1 Å². The van der Waals surface area contributed by atoms with Gasteiger partial charge in [-0.05, 0) is 67.1 Å². The summed E-state index contributed by atoms with van der Waals surface area (Å²) in [4.78, 5) is 4.88. The van der Waals surface area contributed by atoms with Gasteiger partial charge in [-0.15, -0.1) is 12.4 Å². The lowest BCUT2D eigenvalue weighted by Crippen LogP contribution is -2.00. The van der Waals surface area contributed by atoms with Crippen LogP contribution in [0.5, 0.6) is 0 Å². The third-order valence-corrected chi connectivity index (χ3v) is 5.01. The van der Waals surface area contributed by atoms with Crippen LogP contribution >= 0.6 is 24.0 Å². The van der Waals surface area contributed by atoms with Crippen molar-refractivity contribution in [1.29, 1.82) is 0 Å². The maximum atomic E-state index is 9.17. The summed E-state index contributed by atoms with van der Waals surface area (Å²) in [5.41, 5.74) is 7.74. The van der Waals surface area contributed by atoms with Crippen LogP contribution < -0.4 is 5.32 Å². The summed E-state index contributed by atoms with van der Waals surface area (Å²) >= 11 is 6.16. The van der Waals surface area contributed by atoms with E-state index in [1.54, 1.807) is 0 Å². The van der Waals surface area contributed by atoms with Gasteiger partial charge in [0.2, 0.25) is 0 Å². The third kappa shape index (κ3) is 4.44. The number of anilines is 2. The second-order valence-electron chi connectivity index (χ2n) is 6.64. The predicted octanol–water partition coefficient (Wildman–Crippen LogP) is 5.59. The molecule has 0 unspecified atom stereocenters. The van der Waals surface area contributed by atoms with E-state index in [0.717, 1.165) is 52.5 Å². The first-order valence-corrected chi connectivity index (χ1v) is 9.36. The first kappa shape index (κ1) is 19.7. The molecule has 1 aliphatic rings. The number of aromatic nitrogens is 1. The molecule has 3 nitrogen and oxygen atoms in total. The molecule has 5 heteroatoms. The number of benzene rings is 2. The lowest BCUT2D eigenvalue weighted by atomic mass is 10.1. The highest BCUT2D eigenvalue weighted by Gasteiger charge is 2.19. The molecule has 4 rings (SSSR count). The van der Waals surface area contributed by atoms with Gasteiger partial charge in [0.25, 0.3) is 0 Å². The van der Waals surface area contributed by atoms with Crippen LogP contribution in [0.25, 0.3) is 11.3 Å². The van der Waals surface area contributed by atoms with Crippen LogP contribution in [0.3, 0.4) is 0 Å². The van der Waals surface area contributed by atoms with Gasteiger partial charge in [-0.2, -0.15) is 0 Å². The summed E-state index contributed by atoms with van der Waals surface area (Å²) in [6.07, 6.45) is 3.87. The molecule has 0 spiro atoms. The van der Waals surface area contributed by atoms with Gasteiger partial charge in [-0.1, -0.05) is 35.9 Å². The molecule has 0 bridgehead atoms. The summed E-state index contributed by atoms with van der Waals surface area (Å²) < 4.78 is 0. The first-order chi connectivity index (χ1) is 12.7. The molecule has 1 aromatic heterocycles. The molecule has 2 N–H and O–H groups in total. The van der Waals surface area contributed by atoms with E-state index in [1.165, 1.54) is 11.3 Å². The fraction of sp³-hybridized carbons (Fsp3) is 0.227. The molecule has 0 saturated heterocycles. The van der Waals surface area contributed by atoms with Crippen LogP contribution in [0, 0.1) is 0 Å². The van der Waals surface area contributed by atoms with E-state index in [2.05, 4.69) is 23.5 Å². The summed E-state index contributed by atoms with van der Waals surface area (Å²) in [7, 11) is 0. The number of hydrogen-bond donors (Lipinski definition) is 2. The highest BCUT2D eigenvalue weighted by Crippen LogP contribution is 2.34. The Bertz CT molecular complexity index is 943. The maximum absolute atomic E-state index is 9.17. The number of nitrogens with one attached hydrogen (secondary N) is 1. The molecule has 0 fully saturated rings. The monoisotopic (exact) mass is 400 g/mol. The quantitative estimate of drug-likeness (QED) is 0.586. The molecule has 0 radical (unpaired) electrons. The van der Waals surface area contributed by atoms with Gasteiger partial charge < -0.3 is 10.4 Å². The zero-order valence-electron chi connectivity index (χ0n) is 14.9. The zero-order chi connectivity index (χ0) is 17.9. The third-order valence-electron chi connectivity index (χ3n) is 4.78. The van der Waals surface area contributed by atoms with Gasteiger partial charge in [0.15, 0.2) is 0 Å². The van der Waals surface area contributed by atoms with Crippen LogP contribution in [0.4, 0.5) is 11.4 Å². The average molecular weight is 401 g/mol. The summed E-state index contributed by atoms with van der Waals surface area (Å²) in [6.45, 7) is 0.160. The summed E-state index contributed by atoms with van der Waals surface area (Å²) in [6, 6.07) is 18.2. The van der Waals surface area contributed by atoms with Crippen molar-refractivity contribution in [3.05, 3.63) is 76.4 Å². The number of rotatable bonds is 5. The molecule has 1 aliphatic carbocycles. The fourth-order valence-corrected chi connectivity index (χ4v) is 3.73. The zero-order valence-corrected chi connectivity index (χ0v) is 16.5. The van der Waals surface area contributed by atoms with E-state index in [4.69, 9.17) is 16.6 Å². The minimum absolute atomic E-state index is 0. The lowest BCUT2D eigenvalue weighted by molar-refractivity contribution is 0.299. The van der Waals surface area contributed by atoms with Crippen LogP contribution in [-0.2, 0) is 19.3 Å². The average Bonchev–Trinajstić information content (AvgIpc) is 3.11. The van der Waals surface area contributed by atoms with E-state index < -0.39 is 0 Å². The van der Waals surface area contributed by atoms with E-state index >= 15 is 0 Å². The molecule has 0 atom stereocenters. The molecule has 0 aliphatic heterocycles. The molecule has 0 amide bonds. The molecule has 27 heavy (non-hydrogen) atoms. The van der Waals surface area contributed by atoms with E-state index in [9.17, 15) is 5.11 Å². The van der Waals surface area contributed by atoms with Crippen molar-refractivity contribution in [3.63, 3.8) is 0 Å². The van der Waals surface area contributed by atoms with Crippen molar-refractivity contribution in [3.8, 4) is 11.3 Å². The smallest absolute Gasteiger partial charge is 0.0726 e. The second-order valence-corrected chi connectivity index (χ2v) is 7.08. The molecule has 2 aromatic carbocycles. The van der Waals surface area contributed by atoms with Crippen LogP contribution in [0.2, 0.25) is 5.02 Å². The molecule has 140 valence electrons. The number of fused-ring (bicyclic) bond motifs is 1. The molecule has 1 heterocycles. The number of aliphatic hydroxyl groups is 1. The Kier molecular flexibility index (Phi) is 6.38. The Labute approximate surface area is 170 Å². The predicted molar refractivity (Wildman–Crippen MR) is 114 cm³/mol. The number of aryl methyl sites for hydroxylation is 1. The Balaban J connectivity index is 0.00000210. The van der Waals surface area contributed by atoms with E-state index in [1.807, 2.05) is 36.4 Å². The van der Waals surface area contributed by atoms with Gasteiger partial charge >= 0.3 is 0 Å². The minimum Gasteiger partial charge on any atom is -0.396 e. The SMILES string of the molecule is Cl.OCCc1cccc(Nc2cc(-c3cccc(Cl)c3)nc3c2CCC3)c1. The Morgan fingerprint density at radius 1 is 1.04 bits per heavy atom. The standard InChI is InChI=1S/C22H21ClN2O.ClH/c23-17-6-2-5-16(13-17)21-14-22(19-8-3-9-20(19)25-21)24-18-7-1-4-15(12-18)10-11-26;/h1-2,4-7,12-14,26H,3,8-11H2,(H,24,25);1H. The van der Waals surface area contributed by atoms with Crippen molar-refractivity contribution in [1.82, 2.24) is 4.98 Å². The summed E-state index contributed by atoms with van der Waals surface area (Å²) in [5, 5.41) is 13.5. The second kappa shape index (κ2) is 8.75. The van der Waals surface area contributed by atoms with Gasteiger partial charge in [-0.25, -0.2) is 0 Å². The Hall–Kier alpha value is -2.07. The normalized spacial score (nSPS) is 12.4. The fourth-order valence-electron chi connectivity index (χ4n) is 3.54. The number of hydrogen-bond acceptors (Lipinski definition) is 3. The van der Waals surface area contributed by atoms with Gasteiger partial charge in [0.1, 0.15) is 0 Å². The van der Waals surface area contributed by atoms with Gasteiger partial charge in [0, 0.05) is 34.3 Å². The van der Waals surface area contributed by atoms with Crippen molar-refractivity contribution in [2.45, 2.75) is 25.7 Å². The van der Waals surface area contributed by atoms with E-state index in [0.29, 0.717) is 6.42 Å². The number of halogens is 2. The van der Waals surface area contributed by atoms with Crippen molar-refractivity contribution >= 4 is 35.4 Å².